The fraction of sp³-hybridized carbons (Fsp3) is 0.312. The zero-order valence-electron chi connectivity index (χ0n) is 12.1. The van der Waals surface area contributed by atoms with Crippen molar-refractivity contribution in [1.82, 2.24) is 0 Å². The largest absolute Gasteiger partial charge is 0.369 e. The van der Waals surface area contributed by atoms with E-state index in [1.165, 1.54) is 20.9 Å². The highest BCUT2D eigenvalue weighted by Gasteiger charge is 2.31. The third kappa shape index (κ3) is 2.10. The first-order valence-corrected chi connectivity index (χ1v) is 7.61. The quantitative estimate of drug-likeness (QED) is 0.917. The molecule has 4 heteroatoms. The number of benzene rings is 1. The fourth-order valence-electron chi connectivity index (χ4n) is 2.84. The Morgan fingerprint density at radius 1 is 1.25 bits per heavy atom. The van der Waals surface area contributed by atoms with Crippen molar-refractivity contribution in [2.24, 2.45) is 10.7 Å². The van der Waals surface area contributed by atoms with E-state index in [4.69, 9.17) is 5.73 Å². The van der Waals surface area contributed by atoms with Gasteiger partial charge in [0.05, 0.1) is 12.6 Å². The van der Waals surface area contributed by atoms with E-state index < -0.39 is 0 Å². The molecule has 3 rings (SSSR count). The Balaban J connectivity index is 2.05. The lowest BCUT2D eigenvalue weighted by Crippen LogP contribution is -2.36. The maximum atomic E-state index is 6.14. The molecule has 1 aromatic carbocycles. The number of anilines is 1. The number of para-hydroxylation sites is 1. The number of guanidine groups is 1. The summed E-state index contributed by atoms with van der Waals surface area (Å²) in [5.74, 6) is 0.618. The van der Waals surface area contributed by atoms with Gasteiger partial charge in [0.1, 0.15) is 0 Å². The Hall–Kier alpha value is -1.81. The molecule has 20 heavy (non-hydrogen) atoms. The summed E-state index contributed by atoms with van der Waals surface area (Å²) in [5, 5.41) is 0. The number of hydrogen-bond donors (Lipinski definition) is 1. The van der Waals surface area contributed by atoms with Crippen LogP contribution in [0, 0.1) is 20.8 Å². The van der Waals surface area contributed by atoms with Crippen molar-refractivity contribution in [2.45, 2.75) is 26.8 Å². The summed E-state index contributed by atoms with van der Waals surface area (Å²) in [6.45, 7) is 7.18. The topological polar surface area (TPSA) is 41.6 Å². The third-order valence-electron chi connectivity index (χ3n) is 3.80. The van der Waals surface area contributed by atoms with Crippen LogP contribution in [0.3, 0.4) is 0 Å². The molecule has 1 aromatic heterocycles. The molecule has 0 amide bonds. The molecule has 104 valence electrons. The van der Waals surface area contributed by atoms with Gasteiger partial charge in [0.15, 0.2) is 5.96 Å². The zero-order chi connectivity index (χ0) is 14.3. The molecule has 1 unspecified atom stereocenters. The second-order valence-corrected chi connectivity index (χ2v) is 6.70. The number of aliphatic imine (C=N–C) groups is 1. The van der Waals surface area contributed by atoms with Crippen molar-refractivity contribution in [3.05, 3.63) is 51.2 Å². The number of nitrogens with zero attached hydrogens (tertiary/aromatic N) is 2. The maximum Gasteiger partial charge on any atom is 0.196 e. The van der Waals surface area contributed by atoms with E-state index in [0.29, 0.717) is 5.96 Å². The van der Waals surface area contributed by atoms with Gasteiger partial charge in [-0.25, -0.2) is 0 Å². The number of nitrogens with two attached hydrogens (primary N) is 1. The Labute approximate surface area is 123 Å². The number of rotatable bonds is 2. The first-order valence-electron chi connectivity index (χ1n) is 6.79. The first kappa shape index (κ1) is 13.2. The Bertz CT molecular complexity index is 672. The van der Waals surface area contributed by atoms with E-state index in [9.17, 15) is 0 Å². The monoisotopic (exact) mass is 285 g/mol. The van der Waals surface area contributed by atoms with Gasteiger partial charge in [-0.05, 0) is 44.0 Å². The summed E-state index contributed by atoms with van der Waals surface area (Å²) in [4.78, 5) is 9.34. The van der Waals surface area contributed by atoms with Gasteiger partial charge in [0.25, 0.3) is 0 Å². The normalized spacial score (nSPS) is 18.4. The molecule has 0 aliphatic carbocycles. The molecular formula is C16H19N3S. The number of hydrogen-bond acceptors (Lipinski definition) is 4. The summed E-state index contributed by atoms with van der Waals surface area (Å²) >= 11 is 1.84. The maximum absolute atomic E-state index is 6.14. The summed E-state index contributed by atoms with van der Waals surface area (Å²) in [6, 6.07) is 10.8. The van der Waals surface area contributed by atoms with E-state index in [-0.39, 0.29) is 6.04 Å². The predicted molar refractivity (Wildman–Crippen MR) is 86.7 cm³/mol. The minimum absolute atomic E-state index is 0.223. The van der Waals surface area contributed by atoms with Gasteiger partial charge >= 0.3 is 0 Å². The number of thiophene rings is 1. The van der Waals surface area contributed by atoms with Crippen molar-refractivity contribution < 1.29 is 0 Å². The number of aryl methyl sites for hydroxylation is 3. The standard InChI is InChI=1S/C16H19N3S/c1-10-6-4-5-7-14(10)19-15(9-18-16(19)17)13-8-11(2)20-12(13)3/h4-8,15H,9H2,1-3H3,(H2,17,18). The van der Waals surface area contributed by atoms with E-state index in [2.05, 4.69) is 61.0 Å². The van der Waals surface area contributed by atoms with Gasteiger partial charge in [-0.15, -0.1) is 11.3 Å². The molecular weight excluding hydrogens is 266 g/mol. The lowest BCUT2D eigenvalue weighted by Gasteiger charge is -2.28. The molecule has 1 aliphatic rings. The molecule has 2 N–H and O–H groups in total. The highest BCUT2D eigenvalue weighted by atomic mass is 32.1. The minimum atomic E-state index is 0.223. The SMILES string of the molecule is Cc1cc(C2CN=C(N)N2c2ccccc2C)c(C)s1. The van der Waals surface area contributed by atoms with Gasteiger partial charge in [0, 0.05) is 15.4 Å². The van der Waals surface area contributed by atoms with Crippen LogP contribution in [0.5, 0.6) is 0 Å². The average molecular weight is 285 g/mol. The second-order valence-electron chi connectivity index (χ2n) is 5.24. The average Bonchev–Trinajstić information content (AvgIpc) is 2.93. The summed E-state index contributed by atoms with van der Waals surface area (Å²) in [6.07, 6.45) is 0. The molecule has 0 fully saturated rings. The predicted octanol–water partition coefficient (Wildman–Crippen LogP) is 3.55. The Morgan fingerprint density at radius 2 is 2.00 bits per heavy atom. The highest BCUT2D eigenvalue weighted by molar-refractivity contribution is 7.12. The zero-order valence-corrected chi connectivity index (χ0v) is 12.9. The van der Waals surface area contributed by atoms with E-state index >= 15 is 0 Å². The summed E-state index contributed by atoms with van der Waals surface area (Å²) < 4.78 is 0. The second kappa shape index (κ2) is 4.94. The lowest BCUT2D eigenvalue weighted by molar-refractivity contribution is 0.765. The van der Waals surface area contributed by atoms with Crippen LogP contribution in [0.1, 0.15) is 26.9 Å². The molecule has 0 saturated carbocycles. The van der Waals surface area contributed by atoms with Crippen LogP contribution in [0.25, 0.3) is 0 Å². The van der Waals surface area contributed by atoms with Crippen molar-refractivity contribution in [3.8, 4) is 0 Å². The van der Waals surface area contributed by atoms with E-state index in [1.807, 2.05) is 11.3 Å². The molecule has 1 atom stereocenters. The van der Waals surface area contributed by atoms with Gasteiger partial charge in [0.2, 0.25) is 0 Å². The molecule has 0 saturated heterocycles. The van der Waals surface area contributed by atoms with Crippen LogP contribution >= 0.6 is 11.3 Å². The van der Waals surface area contributed by atoms with Gasteiger partial charge in [-0.2, -0.15) is 0 Å². The molecule has 2 aromatic rings. The first-order chi connectivity index (χ1) is 9.58. The third-order valence-corrected chi connectivity index (χ3v) is 4.78. The van der Waals surface area contributed by atoms with Crippen molar-refractivity contribution in [2.75, 3.05) is 11.4 Å². The van der Waals surface area contributed by atoms with Crippen LogP contribution in [-0.2, 0) is 0 Å². The highest BCUT2D eigenvalue weighted by Crippen LogP contribution is 2.36. The summed E-state index contributed by atoms with van der Waals surface area (Å²) in [5.41, 5.74) is 9.87. The van der Waals surface area contributed by atoms with Crippen molar-refractivity contribution in [1.29, 1.82) is 0 Å². The molecule has 2 heterocycles. The van der Waals surface area contributed by atoms with Gasteiger partial charge in [-0.1, -0.05) is 18.2 Å². The van der Waals surface area contributed by atoms with Gasteiger partial charge < -0.3 is 10.6 Å². The molecule has 0 radical (unpaired) electrons. The minimum Gasteiger partial charge on any atom is -0.369 e. The van der Waals surface area contributed by atoms with Crippen molar-refractivity contribution >= 4 is 23.0 Å². The molecule has 1 aliphatic heterocycles. The lowest BCUT2D eigenvalue weighted by atomic mass is 10.1. The van der Waals surface area contributed by atoms with Crippen LogP contribution < -0.4 is 10.6 Å². The summed E-state index contributed by atoms with van der Waals surface area (Å²) in [7, 11) is 0. The smallest absolute Gasteiger partial charge is 0.196 e. The van der Waals surface area contributed by atoms with Gasteiger partial charge in [-0.3, -0.25) is 4.99 Å². The Morgan fingerprint density at radius 3 is 2.65 bits per heavy atom. The Kier molecular flexibility index (Phi) is 3.26. The molecule has 3 nitrogen and oxygen atoms in total. The van der Waals surface area contributed by atoms with Crippen LogP contribution in [0.15, 0.2) is 35.3 Å². The van der Waals surface area contributed by atoms with Crippen LogP contribution in [-0.4, -0.2) is 12.5 Å². The molecule has 0 bridgehead atoms. The van der Waals surface area contributed by atoms with Crippen LogP contribution in [0.4, 0.5) is 5.69 Å². The van der Waals surface area contributed by atoms with Crippen molar-refractivity contribution in [3.63, 3.8) is 0 Å². The van der Waals surface area contributed by atoms with E-state index in [0.717, 1.165) is 12.2 Å². The fourth-order valence-corrected chi connectivity index (χ4v) is 3.82. The molecule has 0 spiro atoms. The van der Waals surface area contributed by atoms with Crippen LogP contribution in [0.2, 0.25) is 0 Å². The van der Waals surface area contributed by atoms with E-state index in [1.54, 1.807) is 0 Å².